The van der Waals surface area contributed by atoms with Gasteiger partial charge in [0.25, 0.3) is 0 Å². The fraction of sp³-hybridized carbons (Fsp3) is 0.0870. The Bertz CT molecular complexity index is 1340. The molecule has 162 valence electrons. The maximum absolute atomic E-state index is 13.4. The lowest BCUT2D eigenvalue weighted by molar-refractivity contribution is 0.101. The van der Waals surface area contributed by atoms with Crippen molar-refractivity contribution in [1.82, 2.24) is 15.2 Å². The van der Waals surface area contributed by atoms with E-state index >= 15 is 0 Å². The molecule has 2 aromatic heterocycles. The number of H-pyrrole nitrogens is 1. The lowest BCUT2D eigenvalue weighted by atomic mass is 10.1. The Morgan fingerprint density at radius 1 is 1.03 bits per heavy atom. The van der Waals surface area contributed by atoms with Crippen molar-refractivity contribution in [2.75, 3.05) is 0 Å². The molecule has 2 aromatic carbocycles. The Morgan fingerprint density at radius 3 is 2.38 bits per heavy atom. The lowest BCUT2D eigenvalue weighted by Gasteiger charge is -2.07. The van der Waals surface area contributed by atoms with Crippen molar-refractivity contribution >= 4 is 21.4 Å². The minimum Gasteiger partial charge on any atom is -0.504 e. The van der Waals surface area contributed by atoms with Crippen LogP contribution in [0.25, 0.3) is 5.76 Å². The van der Waals surface area contributed by atoms with E-state index in [2.05, 4.69) is 15.2 Å². The largest absolute Gasteiger partial charge is 0.504 e. The second-order valence-corrected chi connectivity index (χ2v) is 8.82. The summed E-state index contributed by atoms with van der Waals surface area (Å²) in [6.45, 7) is 0. The Kier molecular flexibility index (Phi) is 6.00. The molecular weight excluding hydrogens is 430 g/mol. The van der Waals surface area contributed by atoms with E-state index in [9.17, 15) is 18.3 Å². The number of hydrogen-bond donors (Lipinski definition) is 2. The van der Waals surface area contributed by atoms with Crippen LogP contribution in [0, 0.1) is 0 Å². The highest BCUT2D eigenvalue weighted by molar-refractivity contribution is 7.91. The highest BCUT2D eigenvalue weighted by Gasteiger charge is 2.31. The van der Waals surface area contributed by atoms with E-state index in [4.69, 9.17) is 4.42 Å². The average molecular weight is 449 g/mol. The quantitative estimate of drug-likeness (QED) is 0.238. The van der Waals surface area contributed by atoms with Gasteiger partial charge in [-0.2, -0.15) is 5.10 Å². The van der Waals surface area contributed by atoms with E-state index in [-0.39, 0.29) is 21.4 Å². The van der Waals surface area contributed by atoms with Crippen molar-refractivity contribution in [2.24, 2.45) is 0 Å². The standard InChI is InChI=1S/C23H19N3O5S/c27-19(13-20(28)23-24-15-25-26-23)21-22(32(29,30)18-9-5-2-6-10-18)17(14-31-21)12-11-16-7-3-1-4-8-16/h1-10,13-15,28H,11-12H2,(H,24,25,26). The minimum atomic E-state index is -4.06. The summed E-state index contributed by atoms with van der Waals surface area (Å²) in [6.07, 6.45) is 4.27. The van der Waals surface area contributed by atoms with Crippen LogP contribution in [0.15, 0.2) is 93.5 Å². The van der Waals surface area contributed by atoms with E-state index in [0.717, 1.165) is 11.6 Å². The molecule has 0 saturated carbocycles. The van der Waals surface area contributed by atoms with Crippen molar-refractivity contribution in [3.05, 3.63) is 102 Å². The van der Waals surface area contributed by atoms with Crippen LogP contribution in [0.5, 0.6) is 0 Å². The second-order valence-electron chi connectivity index (χ2n) is 6.94. The van der Waals surface area contributed by atoms with Crippen molar-refractivity contribution in [3.63, 3.8) is 0 Å². The lowest BCUT2D eigenvalue weighted by Crippen LogP contribution is -2.10. The monoisotopic (exact) mass is 449 g/mol. The molecule has 0 aliphatic heterocycles. The first kappa shape index (κ1) is 21.3. The van der Waals surface area contributed by atoms with Gasteiger partial charge in [0.2, 0.25) is 21.4 Å². The Balaban J connectivity index is 1.76. The average Bonchev–Trinajstić information content (AvgIpc) is 3.49. The van der Waals surface area contributed by atoms with Crippen LogP contribution in [-0.2, 0) is 22.7 Å². The summed E-state index contributed by atoms with van der Waals surface area (Å²) in [7, 11) is -4.06. The Morgan fingerprint density at radius 2 is 1.72 bits per heavy atom. The molecule has 0 saturated heterocycles. The maximum Gasteiger partial charge on any atom is 0.226 e. The molecule has 0 radical (unpaired) electrons. The van der Waals surface area contributed by atoms with Crippen LogP contribution in [-0.4, -0.2) is 34.5 Å². The highest BCUT2D eigenvalue weighted by Crippen LogP contribution is 2.31. The van der Waals surface area contributed by atoms with Gasteiger partial charge in [-0.1, -0.05) is 48.5 Å². The SMILES string of the molecule is O=C(C=C(O)c1nc[nH]n1)c1occ(CCc2ccccc2)c1S(=O)(=O)c1ccccc1. The summed E-state index contributed by atoms with van der Waals surface area (Å²) in [4.78, 5) is 16.5. The summed E-state index contributed by atoms with van der Waals surface area (Å²) in [5.74, 6) is -1.80. The molecule has 0 aliphatic rings. The van der Waals surface area contributed by atoms with Gasteiger partial charge in [0.1, 0.15) is 11.2 Å². The summed E-state index contributed by atoms with van der Waals surface area (Å²) in [5.41, 5.74) is 1.40. The van der Waals surface area contributed by atoms with E-state index in [1.807, 2.05) is 30.3 Å². The molecule has 0 fully saturated rings. The van der Waals surface area contributed by atoms with Crippen molar-refractivity contribution in [2.45, 2.75) is 22.6 Å². The molecular formula is C23H19N3O5S. The van der Waals surface area contributed by atoms with Crippen LogP contribution >= 0.6 is 0 Å². The fourth-order valence-corrected chi connectivity index (χ4v) is 4.89. The van der Waals surface area contributed by atoms with Gasteiger partial charge in [-0.3, -0.25) is 9.89 Å². The highest BCUT2D eigenvalue weighted by atomic mass is 32.2. The molecule has 0 aliphatic carbocycles. The van der Waals surface area contributed by atoms with Gasteiger partial charge in [0.15, 0.2) is 11.5 Å². The number of nitrogens with one attached hydrogen (secondary N) is 1. The molecule has 0 spiro atoms. The topological polar surface area (TPSA) is 126 Å². The number of aromatic amines is 1. The van der Waals surface area contributed by atoms with Crippen LogP contribution in [0.4, 0.5) is 0 Å². The summed E-state index contributed by atoms with van der Waals surface area (Å²) < 4.78 is 32.3. The molecule has 2 heterocycles. The predicted molar refractivity (Wildman–Crippen MR) is 116 cm³/mol. The van der Waals surface area contributed by atoms with Crippen molar-refractivity contribution in [3.8, 4) is 0 Å². The van der Waals surface area contributed by atoms with Gasteiger partial charge in [-0.15, -0.1) is 0 Å². The number of nitrogens with zero attached hydrogens (tertiary/aromatic N) is 2. The van der Waals surface area contributed by atoms with Crippen LogP contribution in [0.1, 0.15) is 27.5 Å². The third-order valence-corrected chi connectivity index (χ3v) is 6.68. The summed E-state index contributed by atoms with van der Waals surface area (Å²) in [5, 5.41) is 16.2. The zero-order chi connectivity index (χ0) is 22.6. The first-order valence-electron chi connectivity index (χ1n) is 9.72. The molecule has 8 nitrogen and oxygen atoms in total. The number of carbonyl (C=O) groups excluding carboxylic acids is 1. The number of rotatable bonds is 8. The number of benzene rings is 2. The van der Waals surface area contributed by atoms with Gasteiger partial charge >= 0.3 is 0 Å². The van der Waals surface area contributed by atoms with E-state index in [0.29, 0.717) is 18.4 Å². The predicted octanol–water partition coefficient (Wildman–Crippen LogP) is 3.80. The first-order valence-corrected chi connectivity index (χ1v) is 11.2. The number of aliphatic hydroxyl groups excluding tert-OH is 1. The Hall–Kier alpha value is -3.98. The molecule has 4 aromatic rings. The number of furan rings is 1. The first-order chi connectivity index (χ1) is 15.5. The number of aromatic nitrogens is 3. The zero-order valence-corrected chi connectivity index (χ0v) is 17.6. The van der Waals surface area contributed by atoms with Crippen LogP contribution in [0.2, 0.25) is 0 Å². The zero-order valence-electron chi connectivity index (χ0n) is 16.8. The van der Waals surface area contributed by atoms with Crippen molar-refractivity contribution < 1.29 is 22.7 Å². The molecule has 32 heavy (non-hydrogen) atoms. The molecule has 2 N–H and O–H groups in total. The van der Waals surface area contributed by atoms with Crippen molar-refractivity contribution in [1.29, 1.82) is 0 Å². The van der Waals surface area contributed by atoms with Gasteiger partial charge in [-0.05, 0) is 30.5 Å². The van der Waals surface area contributed by atoms with Gasteiger partial charge in [-0.25, -0.2) is 13.4 Å². The smallest absolute Gasteiger partial charge is 0.226 e. The molecule has 9 heteroatoms. The number of hydrogen-bond acceptors (Lipinski definition) is 7. The number of ketones is 1. The minimum absolute atomic E-state index is 0.0404. The molecule has 4 rings (SSSR count). The van der Waals surface area contributed by atoms with Gasteiger partial charge in [0.05, 0.1) is 11.2 Å². The molecule has 0 unspecified atom stereocenters. The van der Waals surface area contributed by atoms with Gasteiger partial charge < -0.3 is 9.52 Å². The number of carbonyl (C=O) groups is 1. The van der Waals surface area contributed by atoms with Crippen LogP contribution < -0.4 is 0 Å². The van der Waals surface area contributed by atoms with E-state index in [1.165, 1.54) is 24.7 Å². The number of sulfone groups is 1. The summed E-state index contributed by atoms with van der Waals surface area (Å²) >= 11 is 0. The number of allylic oxidation sites excluding steroid dienone is 1. The normalized spacial score (nSPS) is 12.1. The number of aliphatic hydroxyl groups is 1. The van der Waals surface area contributed by atoms with E-state index < -0.39 is 21.4 Å². The third kappa shape index (κ3) is 4.37. The van der Waals surface area contributed by atoms with Crippen LogP contribution in [0.3, 0.4) is 0 Å². The maximum atomic E-state index is 13.4. The van der Waals surface area contributed by atoms with Gasteiger partial charge in [0, 0.05) is 11.6 Å². The van der Waals surface area contributed by atoms with E-state index in [1.54, 1.807) is 18.2 Å². The number of aryl methyl sites for hydroxylation is 2. The fourth-order valence-electron chi connectivity index (χ4n) is 3.25. The molecule has 0 bridgehead atoms. The Labute approximate surface area is 184 Å². The molecule has 0 atom stereocenters. The second kappa shape index (κ2) is 9.03. The molecule has 0 amide bonds. The summed E-state index contributed by atoms with van der Waals surface area (Å²) in [6, 6.07) is 17.4. The third-order valence-electron chi connectivity index (χ3n) is 4.80.